The van der Waals surface area contributed by atoms with Gasteiger partial charge in [-0.15, -0.1) is 0 Å². The first kappa shape index (κ1) is 15.3. The topological polar surface area (TPSA) is 80.3 Å². The number of nitrogens with zero attached hydrogens (tertiary/aromatic N) is 1. The van der Waals surface area contributed by atoms with E-state index in [4.69, 9.17) is 4.74 Å². The summed E-state index contributed by atoms with van der Waals surface area (Å²) >= 11 is 0. The van der Waals surface area contributed by atoms with Gasteiger partial charge in [0.2, 0.25) is 17.7 Å². The van der Waals surface area contributed by atoms with E-state index in [2.05, 4.69) is 15.6 Å². The van der Waals surface area contributed by atoms with Crippen LogP contribution in [0.1, 0.15) is 32.1 Å². The second-order valence-electron chi connectivity index (χ2n) is 5.13. The number of hydrogen-bond acceptors (Lipinski definition) is 4. The maximum atomic E-state index is 11.8. The molecule has 1 aliphatic rings. The van der Waals surface area contributed by atoms with Gasteiger partial charge in [0.1, 0.15) is 5.69 Å². The van der Waals surface area contributed by atoms with Crippen LogP contribution in [0.15, 0.2) is 18.3 Å². The average Bonchev–Trinajstić information content (AvgIpc) is 3.02. The lowest BCUT2D eigenvalue weighted by molar-refractivity contribution is -0.124. The summed E-state index contributed by atoms with van der Waals surface area (Å²) in [6.45, 7) is 0.351. The third-order valence-electron chi connectivity index (χ3n) is 3.62. The fourth-order valence-electron chi connectivity index (χ4n) is 2.49. The van der Waals surface area contributed by atoms with Crippen molar-refractivity contribution in [3.8, 4) is 5.88 Å². The molecule has 21 heavy (non-hydrogen) atoms. The van der Waals surface area contributed by atoms with Crippen LogP contribution in [0.25, 0.3) is 0 Å². The molecule has 0 bridgehead atoms. The van der Waals surface area contributed by atoms with Gasteiger partial charge in [0.15, 0.2) is 0 Å². The van der Waals surface area contributed by atoms with Gasteiger partial charge in [0.25, 0.3) is 0 Å². The molecule has 1 aromatic heterocycles. The fraction of sp³-hybridized carbons (Fsp3) is 0.533. The summed E-state index contributed by atoms with van der Waals surface area (Å²) in [5.41, 5.74) is 0.534. The van der Waals surface area contributed by atoms with E-state index in [0.29, 0.717) is 18.1 Å². The van der Waals surface area contributed by atoms with Crippen molar-refractivity contribution < 1.29 is 14.3 Å². The zero-order chi connectivity index (χ0) is 15.1. The number of nitrogens with one attached hydrogen (secondary N) is 2. The lowest BCUT2D eigenvalue weighted by Gasteiger charge is -2.11. The smallest absolute Gasteiger partial charge is 0.237 e. The zero-order valence-corrected chi connectivity index (χ0v) is 12.2. The van der Waals surface area contributed by atoms with Crippen molar-refractivity contribution in [1.29, 1.82) is 0 Å². The van der Waals surface area contributed by atoms with Crippen molar-refractivity contribution in [3.63, 3.8) is 0 Å². The molecule has 0 spiro atoms. The van der Waals surface area contributed by atoms with E-state index in [9.17, 15) is 9.59 Å². The molecule has 0 unspecified atom stereocenters. The number of amides is 2. The van der Waals surface area contributed by atoms with Crippen LogP contribution in [0.2, 0.25) is 0 Å². The predicted octanol–water partition coefficient (Wildman–Crippen LogP) is 1.73. The molecule has 0 radical (unpaired) electrons. The molecule has 2 amide bonds. The SMILES string of the molecule is COc1ncccc1NC(=O)CCNC(=O)C1CCCC1. The molecule has 0 saturated heterocycles. The molecule has 0 aliphatic heterocycles. The Bertz CT molecular complexity index is 499. The van der Waals surface area contributed by atoms with Crippen molar-refractivity contribution in [2.24, 2.45) is 5.92 Å². The van der Waals surface area contributed by atoms with Crippen LogP contribution in [0.4, 0.5) is 5.69 Å². The predicted molar refractivity (Wildman–Crippen MR) is 79.0 cm³/mol. The van der Waals surface area contributed by atoms with Crippen LogP contribution in [-0.4, -0.2) is 30.5 Å². The summed E-state index contributed by atoms with van der Waals surface area (Å²) in [5.74, 6) is 0.402. The molecule has 1 aromatic rings. The van der Waals surface area contributed by atoms with Crippen LogP contribution < -0.4 is 15.4 Å². The maximum Gasteiger partial charge on any atom is 0.237 e. The largest absolute Gasteiger partial charge is 0.480 e. The van der Waals surface area contributed by atoms with Gasteiger partial charge in [-0.25, -0.2) is 4.98 Å². The Morgan fingerprint density at radius 2 is 2.14 bits per heavy atom. The fourth-order valence-corrected chi connectivity index (χ4v) is 2.49. The van der Waals surface area contributed by atoms with E-state index >= 15 is 0 Å². The second-order valence-corrected chi connectivity index (χ2v) is 5.13. The molecule has 1 heterocycles. The summed E-state index contributed by atoms with van der Waals surface area (Å²) in [4.78, 5) is 27.7. The molecule has 6 nitrogen and oxygen atoms in total. The van der Waals surface area contributed by atoms with Crippen molar-refractivity contribution >= 4 is 17.5 Å². The van der Waals surface area contributed by atoms with Gasteiger partial charge in [-0.1, -0.05) is 12.8 Å². The third-order valence-corrected chi connectivity index (χ3v) is 3.62. The van der Waals surface area contributed by atoms with Crippen molar-refractivity contribution in [2.75, 3.05) is 19.0 Å². The lowest BCUT2D eigenvalue weighted by Crippen LogP contribution is -2.32. The zero-order valence-electron chi connectivity index (χ0n) is 12.2. The number of aromatic nitrogens is 1. The maximum absolute atomic E-state index is 11.8. The number of rotatable bonds is 6. The van der Waals surface area contributed by atoms with E-state index in [1.54, 1.807) is 18.3 Å². The summed E-state index contributed by atoms with van der Waals surface area (Å²) in [5, 5.41) is 5.55. The van der Waals surface area contributed by atoms with Crippen molar-refractivity contribution in [1.82, 2.24) is 10.3 Å². The molecule has 0 atom stereocenters. The molecule has 1 aliphatic carbocycles. The quantitative estimate of drug-likeness (QED) is 0.836. The Kier molecular flexibility index (Phi) is 5.54. The molecular formula is C15H21N3O3. The molecule has 114 valence electrons. The second kappa shape index (κ2) is 7.61. The molecular weight excluding hydrogens is 270 g/mol. The van der Waals surface area contributed by atoms with Crippen LogP contribution in [0.5, 0.6) is 5.88 Å². The van der Waals surface area contributed by atoms with E-state index in [-0.39, 0.29) is 24.2 Å². The molecule has 0 aromatic carbocycles. The Morgan fingerprint density at radius 3 is 2.86 bits per heavy atom. The molecule has 2 N–H and O–H groups in total. The third kappa shape index (κ3) is 4.44. The number of carbonyl (C=O) groups is 2. The van der Waals surface area contributed by atoms with Gasteiger partial charge >= 0.3 is 0 Å². The van der Waals surface area contributed by atoms with Gasteiger partial charge in [0.05, 0.1) is 7.11 Å². The van der Waals surface area contributed by atoms with Crippen LogP contribution in [-0.2, 0) is 9.59 Å². The standard InChI is InChI=1S/C15H21N3O3/c1-21-15-12(7-4-9-17-15)18-13(19)8-10-16-14(20)11-5-2-3-6-11/h4,7,9,11H,2-3,5-6,8,10H2,1H3,(H,16,20)(H,18,19). The van der Waals surface area contributed by atoms with E-state index in [1.165, 1.54) is 7.11 Å². The first-order valence-electron chi connectivity index (χ1n) is 7.27. The minimum atomic E-state index is -0.173. The molecule has 1 fully saturated rings. The van der Waals surface area contributed by atoms with Crippen LogP contribution in [0, 0.1) is 5.92 Å². The molecule has 2 rings (SSSR count). The molecule has 1 saturated carbocycles. The Morgan fingerprint density at radius 1 is 1.38 bits per heavy atom. The normalized spacial score (nSPS) is 14.7. The summed E-state index contributed by atoms with van der Waals surface area (Å²) < 4.78 is 5.06. The Hall–Kier alpha value is -2.11. The number of methoxy groups -OCH3 is 1. The van der Waals surface area contributed by atoms with Gasteiger partial charge in [-0.2, -0.15) is 0 Å². The minimum absolute atomic E-state index is 0.0688. The highest BCUT2D eigenvalue weighted by Gasteiger charge is 2.22. The number of pyridine rings is 1. The van der Waals surface area contributed by atoms with E-state index in [0.717, 1.165) is 25.7 Å². The highest BCUT2D eigenvalue weighted by molar-refractivity contribution is 5.92. The van der Waals surface area contributed by atoms with E-state index in [1.807, 2.05) is 0 Å². The number of carbonyl (C=O) groups excluding carboxylic acids is 2. The van der Waals surface area contributed by atoms with Gasteiger partial charge < -0.3 is 15.4 Å². The first-order valence-corrected chi connectivity index (χ1v) is 7.27. The van der Waals surface area contributed by atoms with Crippen LogP contribution >= 0.6 is 0 Å². The van der Waals surface area contributed by atoms with Crippen molar-refractivity contribution in [3.05, 3.63) is 18.3 Å². The summed E-state index contributed by atoms with van der Waals surface area (Å²) in [7, 11) is 1.50. The van der Waals surface area contributed by atoms with E-state index < -0.39 is 0 Å². The van der Waals surface area contributed by atoms with Gasteiger partial charge in [-0.05, 0) is 25.0 Å². The highest BCUT2D eigenvalue weighted by atomic mass is 16.5. The first-order chi connectivity index (χ1) is 10.2. The average molecular weight is 291 g/mol. The number of anilines is 1. The summed E-state index contributed by atoms with van der Waals surface area (Å²) in [6, 6.07) is 3.45. The monoisotopic (exact) mass is 291 g/mol. The van der Waals surface area contributed by atoms with Crippen LogP contribution in [0.3, 0.4) is 0 Å². The minimum Gasteiger partial charge on any atom is -0.480 e. The highest BCUT2D eigenvalue weighted by Crippen LogP contribution is 2.24. The number of ether oxygens (including phenoxy) is 1. The Labute approximate surface area is 124 Å². The Balaban J connectivity index is 1.73. The van der Waals surface area contributed by atoms with Crippen molar-refractivity contribution in [2.45, 2.75) is 32.1 Å². The molecule has 6 heteroatoms. The summed E-state index contributed by atoms with van der Waals surface area (Å²) in [6.07, 6.45) is 6.00. The lowest BCUT2D eigenvalue weighted by atomic mass is 10.1. The number of hydrogen-bond donors (Lipinski definition) is 2. The van der Waals surface area contributed by atoms with Gasteiger partial charge in [0, 0.05) is 25.1 Å². The van der Waals surface area contributed by atoms with Gasteiger partial charge in [-0.3, -0.25) is 9.59 Å².